The fourth-order valence-corrected chi connectivity index (χ4v) is 1.97. The number of hydrogen-bond donors (Lipinski definition) is 1. The summed E-state index contributed by atoms with van der Waals surface area (Å²) < 4.78 is 5.60. The molecule has 1 aliphatic heterocycles. The van der Waals surface area contributed by atoms with Gasteiger partial charge in [-0.25, -0.2) is 0 Å². The lowest BCUT2D eigenvalue weighted by Gasteiger charge is -2.32. The third-order valence-electron chi connectivity index (χ3n) is 2.80. The molecule has 0 aromatic rings. The number of nitrogens with one attached hydrogen (secondary N) is 1. The number of carbonyl (C=O) groups is 1. The highest BCUT2D eigenvalue weighted by molar-refractivity contribution is 5.75. The van der Waals surface area contributed by atoms with Crippen LogP contribution in [-0.2, 0) is 9.53 Å². The molecule has 88 valence electrons. The fraction of sp³-hybridized carbons (Fsp3) is 0.909. The Morgan fingerprint density at radius 2 is 2.40 bits per heavy atom. The lowest BCUT2D eigenvalue weighted by molar-refractivity contribution is -0.121. The Labute approximate surface area is 92.0 Å². The van der Waals surface area contributed by atoms with Gasteiger partial charge in [-0.15, -0.1) is 0 Å². The van der Waals surface area contributed by atoms with E-state index in [1.807, 2.05) is 6.92 Å². The van der Waals surface area contributed by atoms with Crippen molar-refractivity contribution in [3.05, 3.63) is 0 Å². The van der Waals surface area contributed by atoms with Gasteiger partial charge in [0.1, 0.15) is 0 Å². The molecular formula is C11H22N2O2. The minimum absolute atomic E-state index is 0.119. The van der Waals surface area contributed by atoms with Crippen LogP contribution in [0.2, 0.25) is 0 Å². The van der Waals surface area contributed by atoms with Gasteiger partial charge in [-0.05, 0) is 26.3 Å². The van der Waals surface area contributed by atoms with Crippen molar-refractivity contribution in [1.82, 2.24) is 10.2 Å². The summed E-state index contributed by atoms with van der Waals surface area (Å²) in [5, 5.41) is 2.64. The zero-order valence-corrected chi connectivity index (χ0v) is 9.79. The minimum atomic E-state index is 0.119. The highest BCUT2D eigenvalue weighted by Crippen LogP contribution is 2.13. The molecule has 1 fully saturated rings. The van der Waals surface area contributed by atoms with E-state index >= 15 is 0 Å². The van der Waals surface area contributed by atoms with Gasteiger partial charge >= 0.3 is 0 Å². The molecule has 15 heavy (non-hydrogen) atoms. The lowest BCUT2D eigenvalue weighted by atomic mass is 10.1. The molecule has 0 radical (unpaired) electrons. The Bertz CT molecular complexity index is 195. The van der Waals surface area contributed by atoms with E-state index in [4.69, 9.17) is 4.74 Å². The van der Waals surface area contributed by atoms with Gasteiger partial charge < -0.3 is 15.0 Å². The molecule has 1 saturated heterocycles. The molecule has 1 rings (SSSR count). The fourth-order valence-electron chi connectivity index (χ4n) is 1.97. The first kappa shape index (κ1) is 12.5. The summed E-state index contributed by atoms with van der Waals surface area (Å²) in [5.41, 5.74) is 0. The van der Waals surface area contributed by atoms with Crippen LogP contribution in [0, 0.1) is 0 Å². The Hall–Kier alpha value is -0.610. The number of hydrogen-bond acceptors (Lipinski definition) is 3. The van der Waals surface area contributed by atoms with Gasteiger partial charge in [0.2, 0.25) is 5.91 Å². The first-order valence-electron chi connectivity index (χ1n) is 5.80. The van der Waals surface area contributed by atoms with Crippen LogP contribution in [-0.4, -0.2) is 50.2 Å². The van der Waals surface area contributed by atoms with E-state index in [1.54, 1.807) is 7.05 Å². The maximum atomic E-state index is 11.1. The summed E-state index contributed by atoms with van der Waals surface area (Å²) in [4.78, 5) is 13.4. The minimum Gasteiger partial charge on any atom is -0.377 e. The van der Waals surface area contributed by atoms with Crippen molar-refractivity contribution in [3.8, 4) is 0 Å². The molecule has 1 heterocycles. The zero-order chi connectivity index (χ0) is 11.1. The molecule has 4 nitrogen and oxygen atoms in total. The summed E-state index contributed by atoms with van der Waals surface area (Å²) in [6.07, 6.45) is 3.30. The maximum Gasteiger partial charge on any atom is 0.221 e. The van der Waals surface area contributed by atoms with E-state index in [9.17, 15) is 4.79 Å². The summed E-state index contributed by atoms with van der Waals surface area (Å²) in [6, 6.07) is 0. The van der Waals surface area contributed by atoms with E-state index in [0.29, 0.717) is 12.5 Å². The van der Waals surface area contributed by atoms with Gasteiger partial charge in [-0.1, -0.05) is 0 Å². The van der Waals surface area contributed by atoms with Crippen molar-refractivity contribution >= 4 is 5.91 Å². The molecule has 0 aromatic heterocycles. The van der Waals surface area contributed by atoms with Crippen LogP contribution in [0.4, 0.5) is 0 Å². The van der Waals surface area contributed by atoms with Crippen LogP contribution in [0.1, 0.15) is 26.2 Å². The van der Waals surface area contributed by atoms with Crippen LogP contribution in [0.3, 0.4) is 0 Å². The predicted molar refractivity (Wildman–Crippen MR) is 59.8 cm³/mol. The van der Waals surface area contributed by atoms with Gasteiger partial charge in [0.05, 0.1) is 6.10 Å². The number of ether oxygens (including phenoxy) is 1. The second kappa shape index (κ2) is 6.80. The molecule has 1 amide bonds. The van der Waals surface area contributed by atoms with E-state index in [1.165, 1.54) is 6.42 Å². The average molecular weight is 214 g/mol. The summed E-state index contributed by atoms with van der Waals surface area (Å²) in [7, 11) is 1.68. The third-order valence-corrected chi connectivity index (χ3v) is 2.80. The quantitative estimate of drug-likeness (QED) is 0.729. The van der Waals surface area contributed by atoms with Crippen molar-refractivity contribution in [2.75, 3.05) is 33.3 Å². The molecule has 0 aromatic carbocycles. The van der Waals surface area contributed by atoms with Crippen molar-refractivity contribution in [2.45, 2.75) is 32.3 Å². The molecule has 4 heteroatoms. The SMILES string of the molecule is CCO[C@H]1CCCN(CCC(=O)NC)C1. The average Bonchev–Trinajstić information content (AvgIpc) is 2.27. The van der Waals surface area contributed by atoms with E-state index in [0.717, 1.165) is 32.7 Å². The first-order chi connectivity index (χ1) is 7.26. The molecule has 1 atom stereocenters. The van der Waals surface area contributed by atoms with Crippen molar-refractivity contribution in [2.24, 2.45) is 0 Å². The van der Waals surface area contributed by atoms with Crippen LogP contribution in [0.25, 0.3) is 0 Å². The molecule has 1 aliphatic rings. The predicted octanol–water partition coefficient (Wildman–Crippen LogP) is 0.623. The van der Waals surface area contributed by atoms with Gasteiger partial charge in [0.15, 0.2) is 0 Å². The zero-order valence-electron chi connectivity index (χ0n) is 9.79. The molecule has 1 N–H and O–H groups in total. The number of nitrogens with zero attached hydrogens (tertiary/aromatic N) is 1. The van der Waals surface area contributed by atoms with Gasteiger partial charge in [-0.3, -0.25) is 4.79 Å². The number of carbonyl (C=O) groups excluding carboxylic acids is 1. The molecule has 0 spiro atoms. The largest absolute Gasteiger partial charge is 0.377 e. The lowest BCUT2D eigenvalue weighted by Crippen LogP contribution is -2.41. The van der Waals surface area contributed by atoms with Crippen LogP contribution < -0.4 is 5.32 Å². The smallest absolute Gasteiger partial charge is 0.221 e. The molecular weight excluding hydrogens is 192 g/mol. The number of rotatable bonds is 5. The monoisotopic (exact) mass is 214 g/mol. The maximum absolute atomic E-state index is 11.1. The topological polar surface area (TPSA) is 41.6 Å². The Balaban J connectivity index is 2.21. The Kier molecular flexibility index (Phi) is 5.65. The second-order valence-electron chi connectivity index (χ2n) is 3.94. The molecule has 0 bridgehead atoms. The summed E-state index contributed by atoms with van der Waals surface area (Å²) >= 11 is 0. The van der Waals surface area contributed by atoms with Crippen molar-refractivity contribution < 1.29 is 9.53 Å². The second-order valence-corrected chi connectivity index (χ2v) is 3.94. The first-order valence-corrected chi connectivity index (χ1v) is 5.80. The molecule has 0 aliphatic carbocycles. The van der Waals surface area contributed by atoms with Gasteiger partial charge in [0, 0.05) is 33.2 Å². The Morgan fingerprint density at radius 3 is 3.07 bits per heavy atom. The van der Waals surface area contributed by atoms with Gasteiger partial charge in [0.25, 0.3) is 0 Å². The third kappa shape index (κ3) is 4.62. The van der Waals surface area contributed by atoms with Crippen molar-refractivity contribution in [3.63, 3.8) is 0 Å². The molecule has 0 unspecified atom stereocenters. The highest BCUT2D eigenvalue weighted by Gasteiger charge is 2.19. The van der Waals surface area contributed by atoms with E-state index in [-0.39, 0.29) is 5.91 Å². The summed E-state index contributed by atoms with van der Waals surface area (Å²) in [5.74, 6) is 0.119. The van der Waals surface area contributed by atoms with E-state index in [2.05, 4.69) is 10.2 Å². The van der Waals surface area contributed by atoms with Crippen LogP contribution >= 0.6 is 0 Å². The standard InChI is InChI=1S/C11H22N2O2/c1-3-15-10-5-4-7-13(9-10)8-6-11(14)12-2/h10H,3-9H2,1-2H3,(H,12,14)/t10-/m0/s1. The van der Waals surface area contributed by atoms with Crippen LogP contribution in [0.5, 0.6) is 0 Å². The Morgan fingerprint density at radius 1 is 1.60 bits per heavy atom. The number of likely N-dealkylation sites (tertiary alicyclic amines) is 1. The summed E-state index contributed by atoms with van der Waals surface area (Å²) in [6.45, 7) is 5.74. The number of amides is 1. The number of piperidine rings is 1. The van der Waals surface area contributed by atoms with Gasteiger partial charge in [-0.2, -0.15) is 0 Å². The normalized spacial score (nSPS) is 22.7. The molecule has 0 saturated carbocycles. The van der Waals surface area contributed by atoms with Crippen molar-refractivity contribution in [1.29, 1.82) is 0 Å². The van der Waals surface area contributed by atoms with Crippen LogP contribution in [0.15, 0.2) is 0 Å². The highest BCUT2D eigenvalue weighted by atomic mass is 16.5. The van der Waals surface area contributed by atoms with E-state index < -0.39 is 0 Å².